The molecule has 1 atom stereocenters. The molecule has 0 radical (unpaired) electrons. The molecule has 0 aliphatic rings. The van der Waals surface area contributed by atoms with E-state index in [0.717, 1.165) is 11.3 Å². The highest BCUT2D eigenvalue weighted by Crippen LogP contribution is 2.25. The highest BCUT2D eigenvalue weighted by Gasteiger charge is 2.21. The van der Waals surface area contributed by atoms with Crippen LogP contribution in [0.3, 0.4) is 0 Å². The zero-order chi connectivity index (χ0) is 19.9. The summed E-state index contributed by atoms with van der Waals surface area (Å²) in [4.78, 5) is 32.5. The molecule has 9 heteroatoms. The van der Waals surface area contributed by atoms with Gasteiger partial charge in [0, 0.05) is 23.6 Å². The van der Waals surface area contributed by atoms with Gasteiger partial charge >= 0.3 is 12.0 Å². The van der Waals surface area contributed by atoms with E-state index in [1.54, 1.807) is 54.5 Å². The number of amides is 2. The number of benzene rings is 1. The second-order valence-corrected chi connectivity index (χ2v) is 6.88. The minimum Gasteiger partial charge on any atom is -0.467 e. The quantitative estimate of drug-likeness (QED) is 0.586. The average Bonchev–Trinajstić information content (AvgIpc) is 3.14. The van der Waals surface area contributed by atoms with Crippen molar-refractivity contribution in [3.8, 4) is 11.5 Å². The zero-order valence-electron chi connectivity index (χ0n) is 15.5. The number of pyridine rings is 1. The van der Waals surface area contributed by atoms with Crippen LogP contribution in [0.15, 0.2) is 47.1 Å². The van der Waals surface area contributed by atoms with Crippen molar-refractivity contribution in [3.05, 3.63) is 42.7 Å². The fourth-order valence-electron chi connectivity index (χ4n) is 2.58. The lowest BCUT2D eigenvalue weighted by atomic mass is 10.2. The summed E-state index contributed by atoms with van der Waals surface area (Å²) >= 11 is 1.59. The SMILES string of the molecule is COC(=O)C(CCSC)NC(=O)Nc1ccc2oc(-c3ccncc3)nc2c1. The van der Waals surface area contributed by atoms with Crippen LogP contribution in [0.4, 0.5) is 10.5 Å². The van der Waals surface area contributed by atoms with E-state index < -0.39 is 18.0 Å². The number of urea groups is 1. The predicted octanol–water partition coefficient (Wildman–Crippen LogP) is 3.31. The van der Waals surface area contributed by atoms with Gasteiger partial charge in [-0.2, -0.15) is 11.8 Å². The number of carbonyl (C=O) groups excluding carboxylic acids is 2. The number of ether oxygens (including phenoxy) is 1. The van der Waals surface area contributed by atoms with Crippen molar-refractivity contribution < 1.29 is 18.7 Å². The fraction of sp³-hybridized carbons (Fsp3) is 0.263. The van der Waals surface area contributed by atoms with Crippen LogP contribution < -0.4 is 10.6 Å². The maximum Gasteiger partial charge on any atom is 0.328 e. The molecular weight excluding hydrogens is 380 g/mol. The number of rotatable bonds is 7. The molecule has 0 spiro atoms. The molecule has 2 heterocycles. The molecule has 0 aliphatic carbocycles. The minimum absolute atomic E-state index is 0.474. The van der Waals surface area contributed by atoms with E-state index in [2.05, 4.69) is 20.6 Å². The molecule has 2 aromatic heterocycles. The van der Waals surface area contributed by atoms with Gasteiger partial charge in [0.1, 0.15) is 11.6 Å². The van der Waals surface area contributed by atoms with E-state index in [0.29, 0.717) is 29.1 Å². The third-order valence-electron chi connectivity index (χ3n) is 3.97. The number of fused-ring (bicyclic) bond motifs is 1. The second-order valence-electron chi connectivity index (χ2n) is 5.89. The molecule has 2 amide bonds. The topological polar surface area (TPSA) is 106 Å². The molecular formula is C19H20N4O4S. The summed E-state index contributed by atoms with van der Waals surface area (Å²) in [5.41, 5.74) is 2.56. The van der Waals surface area contributed by atoms with Gasteiger partial charge in [-0.25, -0.2) is 14.6 Å². The van der Waals surface area contributed by atoms with Gasteiger partial charge in [0.25, 0.3) is 0 Å². The molecule has 0 aliphatic heterocycles. The summed E-state index contributed by atoms with van der Waals surface area (Å²) in [5, 5.41) is 5.35. The number of anilines is 1. The number of carbonyl (C=O) groups is 2. The van der Waals surface area contributed by atoms with Gasteiger partial charge < -0.3 is 19.8 Å². The van der Waals surface area contributed by atoms with Crippen LogP contribution in [0.5, 0.6) is 0 Å². The van der Waals surface area contributed by atoms with Gasteiger partial charge in [0.05, 0.1) is 7.11 Å². The molecule has 2 N–H and O–H groups in total. The van der Waals surface area contributed by atoms with E-state index in [-0.39, 0.29) is 0 Å². The first-order valence-corrected chi connectivity index (χ1v) is 9.95. The van der Waals surface area contributed by atoms with Crippen LogP contribution in [-0.2, 0) is 9.53 Å². The Morgan fingerprint density at radius 1 is 1.25 bits per heavy atom. The van der Waals surface area contributed by atoms with E-state index in [9.17, 15) is 9.59 Å². The highest BCUT2D eigenvalue weighted by atomic mass is 32.2. The van der Waals surface area contributed by atoms with Crippen LogP contribution in [0, 0.1) is 0 Å². The normalized spacial score (nSPS) is 11.8. The van der Waals surface area contributed by atoms with E-state index in [1.165, 1.54) is 7.11 Å². The maximum absolute atomic E-state index is 12.3. The molecule has 0 bridgehead atoms. The van der Waals surface area contributed by atoms with E-state index in [1.807, 2.05) is 6.26 Å². The Kier molecular flexibility index (Phi) is 6.49. The van der Waals surface area contributed by atoms with Crippen molar-refractivity contribution in [1.82, 2.24) is 15.3 Å². The molecule has 3 aromatic rings. The van der Waals surface area contributed by atoms with Gasteiger partial charge in [-0.3, -0.25) is 4.98 Å². The Hall–Kier alpha value is -3.07. The number of thioether (sulfide) groups is 1. The van der Waals surface area contributed by atoms with Crippen molar-refractivity contribution in [2.75, 3.05) is 24.4 Å². The first-order chi connectivity index (χ1) is 13.6. The van der Waals surface area contributed by atoms with Crippen molar-refractivity contribution in [2.24, 2.45) is 0 Å². The van der Waals surface area contributed by atoms with Crippen LogP contribution in [0.1, 0.15) is 6.42 Å². The Morgan fingerprint density at radius 3 is 2.75 bits per heavy atom. The fourth-order valence-corrected chi connectivity index (χ4v) is 3.05. The number of aromatic nitrogens is 2. The number of oxazole rings is 1. The summed E-state index contributed by atoms with van der Waals surface area (Å²) in [6.07, 6.45) is 5.74. The first-order valence-electron chi connectivity index (χ1n) is 8.56. The molecule has 3 rings (SSSR count). The predicted molar refractivity (Wildman–Crippen MR) is 108 cm³/mol. The zero-order valence-corrected chi connectivity index (χ0v) is 16.3. The van der Waals surface area contributed by atoms with Gasteiger partial charge in [-0.05, 0) is 48.8 Å². The second kappa shape index (κ2) is 9.23. The number of methoxy groups -OCH3 is 1. The largest absolute Gasteiger partial charge is 0.467 e. The summed E-state index contributed by atoms with van der Waals surface area (Å²) in [6, 6.07) is 7.56. The van der Waals surface area contributed by atoms with E-state index >= 15 is 0 Å². The lowest BCUT2D eigenvalue weighted by Gasteiger charge is -2.16. The Labute approximate surface area is 166 Å². The molecule has 1 unspecified atom stereocenters. The molecule has 146 valence electrons. The Morgan fingerprint density at radius 2 is 2.04 bits per heavy atom. The van der Waals surface area contributed by atoms with Crippen LogP contribution in [-0.4, -0.2) is 47.1 Å². The van der Waals surface area contributed by atoms with Gasteiger partial charge in [-0.15, -0.1) is 0 Å². The van der Waals surface area contributed by atoms with Crippen molar-refractivity contribution in [3.63, 3.8) is 0 Å². The highest BCUT2D eigenvalue weighted by molar-refractivity contribution is 7.98. The lowest BCUT2D eigenvalue weighted by Crippen LogP contribution is -2.44. The molecule has 0 saturated carbocycles. The molecule has 0 fully saturated rings. The van der Waals surface area contributed by atoms with E-state index in [4.69, 9.17) is 9.15 Å². The van der Waals surface area contributed by atoms with Gasteiger partial charge in [-0.1, -0.05) is 0 Å². The number of hydrogen-bond donors (Lipinski definition) is 2. The van der Waals surface area contributed by atoms with Crippen LogP contribution >= 0.6 is 11.8 Å². The van der Waals surface area contributed by atoms with Crippen molar-refractivity contribution in [1.29, 1.82) is 0 Å². The summed E-state index contributed by atoms with van der Waals surface area (Å²) in [5.74, 6) is 0.725. The molecule has 0 saturated heterocycles. The average molecular weight is 400 g/mol. The lowest BCUT2D eigenvalue weighted by molar-refractivity contribution is -0.142. The smallest absolute Gasteiger partial charge is 0.328 e. The monoisotopic (exact) mass is 400 g/mol. The van der Waals surface area contributed by atoms with Crippen molar-refractivity contribution in [2.45, 2.75) is 12.5 Å². The number of nitrogens with zero attached hydrogens (tertiary/aromatic N) is 2. The van der Waals surface area contributed by atoms with Crippen LogP contribution in [0.2, 0.25) is 0 Å². The molecule has 1 aromatic carbocycles. The third kappa shape index (κ3) is 4.80. The van der Waals surface area contributed by atoms with Crippen LogP contribution in [0.25, 0.3) is 22.6 Å². The summed E-state index contributed by atoms with van der Waals surface area (Å²) < 4.78 is 10.5. The third-order valence-corrected chi connectivity index (χ3v) is 4.62. The number of nitrogens with one attached hydrogen (secondary N) is 2. The Bertz CT molecular complexity index is 961. The van der Waals surface area contributed by atoms with Gasteiger partial charge in [0.2, 0.25) is 5.89 Å². The molecule has 8 nitrogen and oxygen atoms in total. The molecule has 28 heavy (non-hydrogen) atoms. The standard InChI is InChI=1S/C19H20N4O4S/c1-26-18(24)14(7-10-28-2)23-19(25)21-13-3-4-16-15(11-13)22-17(27-16)12-5-8-20-9-6-12/h3-6,8-9,11,14H,7,10H2,1-2H3,(H2,21,23,25). The minimum atomic E-state index is -0.702. The van der Waals surface area contributed by atoms with Gasteiger partial charge in [0.15, 0.2) is 5.58 Å². The number of hydrogen-bond acceptors (Lipinski definition) is 7. The maximum atomic E-state index is 12.3. The number of esters is 1. The first kappa shape index (κ1) is 19.7. The Balaban J connectivity index is 1.71. The van der Waals surface area contributed by atoms with Crippen molar-refractivity contribution >= 4 is 40.5 Å². The summed E-state index contributed by atoms with van der Waals surface area (Å²) in [6.45, 7) is 0. The summed E-state index contributed by atoms with van der Waals surface area (Å²) in [7, 11) is 1.30.